The van der Waals surface area contributed by atoms with Crippen LogP contribution in [0.25, 0.3) is 11.1 Å². The molecule has 0 unspecified atom stereocenters. The number of carbonyl (C=O) groups is 1. The molecule has 5 heteroatoms. The summed E-state index contributed by atoms with van der Waals surface area (Å²) in [4.78, 5) is 13.8. The Hall–Kier alpha value is -2.19. The molecule has 1 aliphatic carbocycles. The summed E-state index contributed by atoms with van der Waals surface area (Å²) in [6, 6.07) is 3.89. The van der Waals surface area contributed by atoms with Gasteiger partial charge < -0.3 is 10.5 Å². The Bertz CT molecular complexity index is 1010. The van der Waals surface area contributed by atoms with E-state index in [0.29, 0.717) is 17.0 Å². The molecule has 0 saturated carbocycles. The zero-order valence-corrected chi connectivity index (χ0v) is 14.2. The number of nitriles is 1. The Balaban J connectivity index is 2.34. The molecule has 23 heavy (non-hydrogen) atoms. The highest BCUT2D eigenvalue weighted by atomic mass is 32.2. The molecular weight excluding hydrogens is 308 g/mol. The van der Waals surface area contributed by atoms with E-state index >= 15 is 0 Å². The van der Waals surface area contributed by atoms with Gasteiger partial charge in [-0.25, -0.2) is 4.79 Å². The molecule has 0 bridgehead atoms. The highest BCUT2D eigenvalue weighted by Crippen LogP contribution is 2.60. The van der Waals surface area contributed by atoms with Crippen LogP contribution in [0.3, 0.4) is 0 Å². The number of fused-ring (bicyclic) bond motifs is 1. The molecule has 4 nitrogen and oxygen atoms in total. The summed E-state index contributed by atoms with van der Waals surface area (Å²) >= 11 is 1.77. The number of hydrogen-bond donors (Lipinski definition) is 1. The molecule has 0 fully saturated rings. The fourth-order valence-electron chi connectivity index (χ4n) is 3.95. The average molecular weight is 324 g/mol. The number of hydrogen-bond acceptors (Lipinski definition) is 5. The van der Waals surface area contributed by atoms with Gasteiger partial charge in [0.2, 0.25) is 0 Å². The Labute approximate surface area is 138 Å². The van der Waals surface area contributed by atoms with E-state index in [4.69, 9.17) is 10.5 Å². The van der Waals surface area contributed by atoms with Gasteiger partial charge in [0.25, 0.3) is 0 Å². The van der Waals surface area contributed by atoms with Crippen molar-refractivity contribution < 1.29 is 9.53 Å². The van der Waals surface area contributed by atoms with Crippen LogP contribution in [0.15, 0.2) is 17.0 Å². The van der Waals surface area contributed by atoms with Crippen LogP contribution in [0.4, 0.5) is 5.69 Å². The van der Waals surface area contributed by atoms with Crippen LogP contribution in [0.1, 0.15) is 33.3 Å². The molecular formula is C18H16N2O2S. The lowest BCUT2D eigenvalue weighted by Crippen LogP contribution is -2.51. The number of allylic oxidation sites excluding steroid dienone is 2. The zero-order chi connectivity index (χ0) is 16.7. The standard InChI is InChI=1S/C18H16N2O2S/c1-8-5-11-9-6-12(20)10(7-19)15-13(9)14(16(21)22-15)17(2,3)18(11,4)23-8/h5-6H,20H2,1-4H3/t18-/m1/s1. The Morgan fingerprint density at radius 2 is 2.04 bits per heavy atom. The van der Waals surface area contributed by atoms with Gasteiger partial charge in [-0.15, -0.1) is 11.8 Å². The van der Waals surface area contributed by atoms with Crippen LogP contribution in [0.5, 0.6) is 5.75 Å². The van der Waals surface area contributed by atoms with Gasteiger partial charge in [-0.2, -0.15) is 5.26 Å². The van der Waals surface area contributed by atoms with Crippen LogP contribution in [-0.2, 0) is 4.79 Å². The van der Waals surface area contributed by atoms with Gasteiger partial charge >= 0.3 is 5.97 Å². The maximum Gasteiger partial charge on any atom is 0.340 e. The van der Waals surface area contributed by atoms with Crippen molar-refractivity contribution in [2.75, 3.05) is 5.73 Å². The third-order valence-corrected chi connectivity index (χ3v) is 6.99. The number of thioether (sulfide) groups is 1. The second-order valence-corrected chi connectivity index (χ2v) is 8.56. The second kappa shape index (κ2) is 4.01. The lowest BCUT2D eigenvalue weighted by atomic mass is 9.66. The van der Waals surface area contributed by atoms with Gasteiger partial charge in [0.05, 0.1) is 16.0 Å². The Morgan fingerprint density at radius 3 is 2.70 bits per heavy atom. The Morgan fingerprint density at radius 1 is 1.35 bits per heavy atom. The van der Waals surface area contributed by atoms with Crippen LogP contribution < -0.4 is 20.9 Å². The number of carbonyl (C=O) groups excluding carboxylic acids is 1. The second-order valence-electron chi connectivity index (χ2n) is 6.90. The first-order valence-corrected chi connectivity index (χ1v) is 8.25. The fraction of sp³-hybridized carbons (Fsp3) is 0.333. The van der Waals surface area contributed by atoms with Crippen LogP contribution in [-0.4, -0.2) is 10.7 Å². The SMILES string of the molecule is CC1=CC2=c3cc(N)c(C#N)c4c3=C(C(=O)O4)C(C)(C)[C@]2(C)S1. The topological polar surface area (TPSA) is 76.1 Å². The van der Waals surface area contributed by atoms with Gasteiger partial charge in [0.15, 0.2) is 5.75 Å². The van der Waals surface area contributed by atoms with Crippen LogP contribution >= 0.6 is 11.8 Å². The molecule has 2 N–H and O–H groups in total. The number of nitrogen functional groups attached to an aromatic ring is 1. The number of ether oxygens (including phenoxy) is 1. The van der Waals surface area contributed by atoms with E-state index in [2.05, 4.69) is 39.8 Å². The monoisotopic (exact) mass is 324 g/mol. The molecule has 3 aliphatic rings. The number of anilines is 1. The summed E-state index contributed by atoms with van der Waals surface area (Å²) in [6.45, 7) is 8.39. The van der Waals surface area contributed by atoms with Crippen molar-refractivity contribution >= 4 is 34.6 Å². The summed E-state index contributed by atoms with van der Waals surface area (Å²) in [6.07, 6.45) is 2.16. The number of benzene rings is 1. The predicted octanol–water partition coefficient (Wildman–Crippen LogP) is 1.81. The van der Waals surface area contributed by atoms with Crippen molar-refractivity contribution in [1.82, 2.24) is 0 Å². The fourth-order valence-corrected chi connectivity index (χ4v) is 5.41. The van der Waals surface area contributed by atoms with Crippen molar-refractivity contribution in [3.05, 3.63) is 33.0 Å². The minimum Gasteiger partial charge on any atom is -0.421 e. The summed E-state index contributed by atoms with van der Waals surface area (Å²) in [5.74, 6) is -0.0353. The molecule has 0 amide bonds. The van der Waals surface area contributed by atoms with Crippen molar-refractivity contribution in [1.29, 1.82) is 5.26 Å². The quantitative estimate of drug-likeness (QED) is 0.447. The highest BCUT2D eigenvalue weighted by molar-refractivity contribution is 8.05. The van der Waals surface area contributed by atoms with E-state index in [-0.39, 0.29) is 16.3 Å². The molecule has 1 aromatic carbocycles. The molecule has 0 aromatic heterocycles. The summed E-state index contributed by atoms with van der Waals surface area (Å²) in [5, 5.41) is 11.1. The summed E-state index contributed by atoms with van der Waals surface area (Å²) in [5.41, 5.74) is 8.05. The van der Waals surface area contributed by atoms with Gasteiger partial charge in [-0.05, 0) is 41.7 Å². The first-order valence-electron chi connectivity index (χ1n) is 7.44. The van der Waals surface area contributed by atoms with Crippen molar-refractivity contribution in [2.45, 2.75) is 32.4 Å². The third kappa shape index (κ3) is 1.45. The van der Waals surface area contributed by atoms with Gasteiger partial charge in [-0.3, -0.25) is 0 Å². The van der Waals surface area contributed by atoms with Crippen molar-refractivity contribution in [3.8, 4) is 11.8 Å². The maximum absolute atomic E-state index is 12.6. The molecule has 2 heterocycles. The van der Waals surface area contributed by atoms with Crippen LogP contribution in [0.2, 0.25) is 0 Å². The van der Waals surface area contributed by atoms with E-state index < -0.39 is 5.41 Å². The number of nitrogens with zero attached hydrogens (tertiary/aromatic N) is 1. The minimum absolute atomic E-state index is 0.249. The average Bonchev–Trinajstić information content (AvgIpc) is 2.95. The van der Waals surface area contributed by atoms with Crippen molar-refractivity contribution in [2.24, 2.45) is 5.41 Å². The normalized spacial score (nSPS) is 26.4. The minimum atomic E-state index is -0.417. The molecule has 1 atom stereocenters. The Kier molecular flexibility index (Phi) is 2.51. The lowest BCUT2D eigenvalue weighted by molar-refractivity contribution is -0.128. The van der Waals surface area contributed by atoms with E-state index in [1.165, 1.54) is 4.91 Å². The van der Waals surface area contributed by atoms with Gasteiger partial charge in [0, 0.05) is 10.6 Å². The van der Waals surface area contributed by atoms with E-state index in [1.807, 2.05) is 6.07 Å². The summed E-state index contributed by atoms with van der Waals surface area (Å²) < 4.78 is 5.22. The molecule has 0 radical (unpaired) electrons. The summed E-state index contributed by atoms with van der Waals surface area (Å²) in [7, 11) is 0. The first-order chi connectivity index (χ1) is 10.7. The molecule has 4 rings (SSSR count). The molecule has 116 valence electrons. The highest BCUT2D eigenvalue weighted by Gasteiger charge is 2.55. The maximum atomic E-state index is 12.6. The van der Waals surface area contributed by atoms with Crippen molar-refractivity contribution in [3.63, 3.8) is 0 Å². The smallest absolute Gasteiger partial charge is 0.340 e. The molecule has 0 saturated heterocycles. The third-order valence-electron chi connectivity index (χ3n) is 5.41. The van der Waals surface area contributed by atoms with E-state index in [9.17, 15) is 10.1 Å². The number of nitrogens with two attached hydrogens (primary N) is 1. The van der Waals surface area contributed by atoms with Gasteiger partial charge in [0.1, 0.15) is 11.6 Å². The number of rotatable bonds is 0. The zero-order valence-electron chi connectivity index (χ0n) is 13.4. The predicted molar refractivity (Wildman–Crippen MR) is 90.8 cm³/mol. The lowest BCUT2D eigenvalue weighted by Gasteiger charge is -2.44. The van der Waals surface area contributed by atoms with Gasteiger partial charge in [-0.1, -0.05) is 13.8 Å². The van der Waals surface area contributed by atoms with E-state index in [1.54, 1.807) is 11.8 Å². The number of esters is 1. The first kappa shape index (κ1) is 14.4. The van der Waals surface area contributed by atoms with Crippen LogP contribution in [0, 0.1) is 16.7 Å². The molecule has 1 aromatic rings. The molecule has 2 aliphatic heterocycles. The van der Waals surface area contributed by atoms with E-state index in [0.717, 1.165) is 16.0 Å². The largest absolute Gasteiger partial charge is 0.421 e. The molecule has 0 spiro atoms.